The molecule has 19 heavy (non-hydrogen) atoms. The van der Waals surface area contributed by atoms with Gasteiger partial charge in [-0.1, -0.05) is 36.4 Å². The Morgan fingerprint density at radius 1 is 1.16 bits per heavy atom. The van der Waals surface area contributed by atoms with Gasteiger partial charge in [-0.05, 0) is 37.0 Å². The highest BCUT2D eigenvalue weighted by Gasteiger charge is 2.45. The van der Waals surface area contributed by atoms with Gasteiger partial charge in [-0.3, -0.25) is 9.78 Å². The summed E-state index contributed by atoms with van der Waals surface area (Å²) >= 11 is 0. The molecule has 3 atom stereocenters. The van der Waals surface area contributed by atoms with Crippen LogP contribution in [0.15, 0.2) is 54.7 Å². The van der Waals surface area contributed by atoms with Crippen molar-refractivity contribution in [2.75, 3.05) is 0 Å². The molecule has 1 aliphatic rings. The van der Waals surface area contributed by atoms with E-state index in [-0.39, 0.29) is 11.8 Å². The van der Waals surface area contributed by atoms with E-state index < -0.39 is 0 Å². The van der Waals surface area contributed by atoms with E-state index in [2.05, 4.69) is 17.1 Å². The normalized spacial score (nSPS) is 22.8. The van der Waals surface area contributed by atoms with Crippen molar-refractivity contribution in [3.63, 3.8) is 0 Å². The zero-order chi connectivity index (χ0) is 13.2. The predicted molar refractivity (Wildman–Crippen MR) is 74.9 cm³/mol. The standard InChI is InChI=1S/C17H17NO/c1-12(16-9-5-6-10-18-16)17(19)15-11-14(15)13-7-3-2-4-8-13/h2-10,12,14-15H,11H2,1H3. The van der Waals surface area contributed by atoms with Gasteiger partial charge in [0.15, 0.2) is 0 Å². The number of carbonyl (C=O) groups excluding carboxylic acids is 1. The Hall–Kier alpha value is -1.96. The Morgan fingerprint density at radius 3 is 2.58 bits per heavy atom. The molecule has 2 nitrogen and oxygen atoms in total. The first kappa shape index (κ1) is 12.1. The van der Waals surface area contributed by atoms with Crippen molar-refractivity contribution >= 4 is 5.78 Å². The molecule has 0 saturated heterocycles. The van der Waals surface area contributed by atoms with Crippen LogP contribution >= 0.6 is 0 Å². The van der Waals surface area contributed by atoms with Crippen LogP contribution in [0.25, 0.3) is 0 Å². The Bertz CT molecular complexity index is 564. The third kappa shape index (κ3) is 2.43. The Labute approximate surface area is 113 Å². The van der Waals surface area contributed by atoms with Crippen molar-refractivity contribution in [1.82, 2.24) is 4.98 Å². The van der Waals surface area contributed by atoms with Crippen molar-refractivity contribution in [3.05, 3.63) is 66.0 Å². The minimum Gasteiger partial charge on any atom is -0.299 e. The number of hydrogen-bond donors (Lipinski definition) is 0. The fourth-order valence-corrected chi connectivity index (χ4v) is 2.68. The quantitative estimate of drug-likeness (QED) is 0.831. The smallest absolute Gasteiger partial charge is 0.145 e. The molecule has 3 rings (SSSR count). The lowest BCUT2D eigenvalue weighted by atomic mass is 9.96. The monoisotopic (exact) mass is 251 g/mol. The van der Waals surface area contributed by atoms with Crippen LogP contribution in [0.1, 0.15) is 36.4 Å². The molecule has 1 fully saturated rings. The topological polar surface area (TPSA) is 30.0 Å². The number of carbonyl (C=O) groups is 1. The third-order valence-corrected chi connectivity index (χ3v) is 3.94. The SMILES string of the molecule is CC(C(=O)C1CC1c1ccccc1)c1ccccn1. The molecule has 2 heteroatoms. The van der Waals surface area contributed by atoms with Gasteiger partial charge in [-0.15, -0.1) is 0 Å². The number of ketones is 1. The molecule has 2 aromatic rings. The summed E-state index contributed by atoms with van der Waals surface area (Å²) in [6.07, 6.45) is 2.74. The number of benzene rings is 1. The highest BCUT2D eigenvalue weighted by Crippen LogP contribution is 2.49. The number of rotatable bonds is 4. The van der Waals surface area contributed by atoms with Crippen molar-refractivity contribution in [2.24, 2.45) is 5.92 Å². The second kappa shape index (κ2) is 4.96. The average molecular weight is 251 g/mol. The van der Waals surface area contributed by atoms with Gasteiger partial charge in [0.2, 0.25) is 0 Å². The lowest BCUT2D eigenvalue weighted by Crippen LogP contribution is -2.13. The zero-order valence-corrected chi connectivity index (χ0v) is 11.0. The molecule has 1 aromatic carbocycles. The van der Waals surface area contributed by atoms with Gasteiger partial charge < -0.3 is 0 Å². The van der Waals surface area contributed by atoms with Crippen LogP contribution in [0.2, 0.25) is 0 Å². The van der Waals surface area contributed by atoms with Crippen LogP contribution in [0.4, 0.5) is 0 Å². The maximum absolute atomic E-state index is 12.4. The molecule has 1 saturated carbocycles. The number of pyridine rings is 1. The lowest BCUT2D eigenvalue weighted by Gasteiger charge is -2.09. The fraction of sp³-hybridized carbons (Fsp3) is 0.294. The Balaban J connectivity index is 1.70. The van der Waals surface area contributed by atoms with Crippen molar-refractivity contribution in [2.45, 2.75) is 25.2 Å². The molecule has 1 heterocycles. The first-order valence-electron chi connectivity index (χ1n) is 6.77. The molecule has 3 unspecified atom stereocenters. The highest BCUT2D eigenvalue weighted by atomic mass is 16.1. The van der Waals surface area contributed by atoms with E-state index in [1.807, 2.05) is 43.3 Å². The summed E-state index contributed by atoms with van der Waals surface area (Å²) < 4.78 is 0. The molecule has 1 aliphatic carbocycles. The Morgan fingerprint density at radius 2 is 1.89 bits per heavy atom. The van der Waals surface area contributed by atoms with E-state index in [0.717, 1.165) is 12.1 Å². The van der Waals surface area contributed by atoms with Crippen LogP contribution < -0.4 is 0 Å². The van der Waals surface area contributed by atoms with Gasteiger partial charge >= 0.3 is 0 Å². The summed E-state index contributed by atoms with van der Waals surface area (Å²) in [5.41, 5.74) is 2.17. The number of hydrogen-bond acceptors (Lipinski definition) is 2. The third-order valence-electron chi connectivity index (χ3n) is 3.94. The summed E-state index contributed by atoms with van der Waals surface area (Å²) in [7, 11) is 0. The van der Waals surface area contributed by atoms with E-state index in [1.165, 1.54) is 5.56 Å². The molecule has 1 aromatic heterocycles. The maximum atomic E-state index is 12.4. The van der Waals surface area contributed by atoms with E-state index in [0.29, 0.717) is 11.7 Å². The van der Waals surface area contributed by atoms with Crippen molar-refractivity contribution in [3.8, 4) is 0 Å². The summed E-state index contributed by atoms with van der Waals surface area (Å²) in [6.45, 7) is 1.96. The van der Waals surface area contributed by atoms with Crippen LogP contribution in [-0.4, -0.2) is 10.8 Å². The summed E-state index contributed by atoms with van der Waals surface area (Å²) in [4.78, 5) is 16.7. The van der Waals surface area contributed by atoms with Gasteiger partial charge in [-0.2, -0.15) is 0 Å². The molecular formula is C17H17NO. The van der Waals surface area contributed by atoms with Gasteiger partial charge in [0.05, 0.1) is 11.6 Å². The highest BCUT2D eigenvalue weighted by molar-refractivity contribution is 5.90. The number of aromatic nitrogens is 1. The molecular weight excluding hydrogens is 234 g/mol. The minimum absolute atomic E-state index is 0.0973. The summed E-state index contributed by atoms with van der Waals surface area (Å²) in [5.74, 6) is 0.826. The van der Waals surface area contributed by atoms with Gasteiger partial charge in [0.25, 0.3) is 0 Å². The minimum atomic E-state index is -0.0973. The van der Waals surface area contributed by atoms with Crippen LogP contribution in [0.3, 0.4) is 0 Å². The molecule has 0 amide bonds. The summed E-state index contributed by atoms with van der Waals surface area (Å²) in [5, 5.41) is 0. The predicted octanol–water partition coefficient (Wildman–Crippen LogP) is 3.56. The molecule has 0 aliphatic heterocycles. The zero-order valence-electron chi connectivity index (χ0n) is 11.0. The molecule has 0 N–H and O–H groups in total. The second-order valence-electron chi connectivity index (χ2n) is 5.24. The first-order chi connectivity index (χ1) is 9.27. The number of nitrogens with zero attached hydrogens (tertiary/aromatic N) is 1. The second-order valence-corrected chi connectivity index (χ2v) is 5.24. The van der Waals surface area contributed by atoms with E-state index in [1.54, 1.807) is 6.20 Å². The van der Waals surface area contributed by atoms with E-state index >= 15 is 0 Å². The van der Waals surface area contributed by atoms with Crippen molar-refractivity contribution < 1.29 is 4.79 Å². The average Bonchev–Trinajstić information content (AvgIpc) is 3.28. The van der Waals surface area contributed by atoms with Gasteiger partial charge in [-0.25, -0.2) is 0 Å². The van der Waals surface area contributed by atoms with Gasteiger partial charge in [0, 0.05) is 12.1 Å². The first-order valence-corrected chi connectivity index (χ1v) is 6.77. The van der Waals surface area contributed by atoms with Crippen LogP contribution in [0.5, 0.6) is 0 Å². The fourth-order valence-electron chi connectivity index (χ4n) is 2.68. The molecule has 96 valence electrons. The molecule has 0 spiro atoms. The van der Waals surface area contributed by atoms with Gasteiger partial charge in [0.1, 0.15) is 5.78 Å². The Kier molecular flexibility index (Phi) is 3.16. The van der Waals surface area contributed by atoms with Crippen molar-refractivity contribution in [1.29, 1.82) is 0 Å². The van der Waals surface area contributed by atoms with Crippen LogP contribution in [0, 0.1) is 5.92 Å². The number of Topliss-reactive ketones (excluding diaryl/α,β-unsaturated/α-hetero) is 1. The van der Waals surface area contributed by atoms with E-state index in [4.69, 9.17) is 0 Å². The maximum Gasteiger partial charge on any atom is 0.145 e. The summed E-state index contributed by atoms with van der Waals surface area (Å²) in [6, 6.07) is 16.1. The van der Waals surface area contributed by atoms with E-state index in [9.17, 15) is 4.79 Å². The lowest BCUT2D eigenvalue weighted by molar-refractivity contribution is -0.121. The largest absolute Gasteiger partial charge is 0.299 e. The molecule has 0 bridgehead atoms. The molecule has 0 radical (unpaired) electrons. The van der Waals surface area contributed by atoms with Crippen LogP contribution in [-0.2, 0) is 4.79 Å².